The second kappa shape index (κ2) is 22.6. The summed E-state index contributed by atoms with van der Waals surface area (Å²) in [4.78, 5) is 106. The summed E-state index contributed by atoms with van der Waals surface area (Å²) in [6.45, 7) is 4.88. The number of hydrogen-bond donors (Lipinski definition) is 3. The monoisotopic (exact) mass is 1080 g/mol. The molecule has 0 aliphatic rings. The molecule has 3 N–H and O–H groups in total. The molecule has 0 bridgehead atoms. The average Bonchev–Trinajstić information content (AvgIpc) is 4.23. The van der Waals surface area contributed by atoms with Gasteiger partial charge in [-0.15, -0.1) is 34.0 Å². The summed E-state index contributed by atoms with van der Waals surface area (Å²) in [5.74, 6) is -4.31. The minimum Gasteiger partial charge on any atom is -0.480 e. The number of carbonyl (C=O) groups is 6. The van der Waals surface area contributed by atoms with E-state index in [0.29, 0.717) is 33.4 Å². The first kappa shape index (κ1) is 52.7. The number of aromatic nitrogens is 7. The van der Waals surface area contributed by atoms with Gasteiger partial charge in [0, 0.05) is 62.3 Å². The van der Waals surface area contributed by atoms with Crippen molar-refractivity contribution in [1.29, 1.82) is 5.26 Å². The molecule has 0 amide bonds. The summed E-state index contributed by atoms with van der Waals surface area (Å²) in [6, 6.07) is 17.5. The maximum Gasteiger partial charge on any atom is 0.379 e. The number of nitrogens with zero attached hydrogens (tertiary/aromatic N) is 8. The summed E-state index contributed by atoms with van der Waals surface area (Å²) in [5, 5.41) is 35.3. The molecular weight excluding hydrogens is 1050 g/mol. The highest BCUT2D eigenvalue weighted by atomic mass is 35.5. The molecule has 0 spiro atoms. The molecule has 0 aliphatic carbocycles. The Kier molecular flexibility index (Phi) is 16.3. The number of Topliss-reactive ketones (excluding diaryl/α,β-unsaturated/α-hetero) is 2. The first-order valence-electron chi connectivity index (χ1n) is 21.2. The zero-order valence-corrected chi connectivity index (χ0v) is 42.5. The van der Waals surface area contributed by atoms with Crippen LogP contribution in [0.25, 0.3) is 22.5 Å². The van der Waals surface area contributed by atoms with Gasteiger partial charge in [0.15, 0.2) is 5.76 Å². The Bertz CT molecular complexity index is 3570. The van der Waals surface area contributed by atoms with Crippen molar-refractivity contribution in [2.24, 2.45) is 5.41 Å². The summed E-state index contributed by atoms with van der Waals surface area (Å²) in [5.41, 5.74) is -0.273. The third-order valence-corrected chi connectivity index (χ3v) is 13.2. The predicted octanol–water partition coefficient (Wildman–Crippen LogP) is 7.70. The fraction of sp³-hybridized carbons (Fsp3) is 0.191. The van der Waals surface area contributed by atoms with E-state index in [1.165, 1.54) is 81.1 Å². The number of nitriles is 1. The van der Waals surface area contributed by atoms with Crippen LogP contribution in [0.5, 0.6) is 0 Å². The van der Waals surface area contributed by atoms with E-state index in [9.17, 15) is 43.6 Å². The number of rotatable bonds is 16. The van der Waals surface area contributed by atoms with Gasteiger partial charge >= 0.3 is 11.9 Å². The summed E-state index contributed by atoms with van der Waals surface area (Å²) < 4.78 is 15.1. The first-order chi connectivity index (χ1) is 34.7. The van der Waals surface area contributed by atoms with Gasteiger partial charge in [-0.05, 0) is 42.5 Å². The number of furan rings is 1. The van der Waals surface area contributed by atoms with Crippen molar-refractivity contribution in [3.05, 3.63) is 152 Å². The van der Waals surface area contributed by atoms with Crippen molar-refractivity contribution in [1.82, 2.24) is 33.7 Å². The van der Waals surface area contributed by atoms with Crippen molar-refractivity contribution in [2.45, 2.75) is 47.0 Å². The number of halogens is 2. The highest BCUT2D eigenvalue weighted by Gasteiger charge is 2.29. The number of carbonyl (C=O) groups excluding carboxylic acids is 5. The van der Waals surface area contributed by atoms with Crippen LogP contribution >= 0.6 is 57.2 Å². The SMILES string of the molecule is COC(=O)C(=O)c1cc(-c2cc(NCc3ccc(Cl)s3)n(C(=O)C(C)(C)C)n2)cn(CC(=O)c2ccco2)c1=O.N#Cc1cc(=O)n(CC(=O)O)cc1-c1cc(NCc2ccc(Cl)s2)n(C(=O)c2cscn2)n1. The van der Waals surface area contributed by atoms with Gasteiger partial charge in [-0.2, -0.15) is 24.8 Å². The Morgan fingerprint density at radius 1 is 0.849 bits per heavy atom. The Morgan fingerprint density at radius 2 is 1.49 bits per heavy atom. The molecule has 0 atom stereocenters. The Morgan fingerprint density at radius 3 is 2.04 bits per heavy atom. The highest BCUT2D eigenvalue weighted by molar-refractivity contribution is 7.16. The fourth-order valence-electron chi connectivity index (χ4n) is 6.66. The van der Waals surface area contributed by atoms with E-state index in [-0.39, 0.29) is 45.4 Å². The van der Waals surface area contributed by atoms with Crippen molar-refractivity contribution in [3.8, 4) is 28.6 Å². The van der Waals surface area contributed by atoms with Crippen LogP contribution < -0.4 is 21.8 Å². The van der Waals surface area contributed by atoms with Gasteiger partial charge in [-0.1, -0.05) is 44.0 Å². The lowest BCUT2D eigenvalue weighted by Gasteiger charge is -2.18. The lowest BCUT2D eigenvalue weighted by atomic mass is 9.96. The molecule has 26 heteroatoms. The van der Waals surface area contributed by atoms with Crippen molar-refractivity contribution in [2.75, 3.05) is 17.7 Å². The molecule has 0 fully saturated rings. The number of methoxy groups -OCH3 is 1. The molecular formula is C47H38Cl2N10O11S3. The van der Waals surface area contributed by atoms with Crippen LogP contribution in [0, 0.1) is 16.7 Å². The lowest BCUT2D eigenvalue weighted by molar-refractivity contribution is -0.138. The molecule has 0 radical (unpaired) electrons. The largest absolute Gasteiger partial charge is 0.480 e. The van der Waals surface area contributed by atoms with E-state index in [0.717, 1.165) is 36.7 Å². The van der Waals surface area contributed by atoms with Crippen LogP contribution in [0.1, 0.15) is 72.3 Å². The molecule has 0 aliphatic heterocycles. The second-order valence-corrected chi connectivity index (χ2v) is 20.7. The van der Waals surface area contributed by atoms with Gasteiger partial charge in [0.2, 0.25) is 5.78 Å². The highest BCUT2D eigenvalue weighted by Crippen LogP contribution is 2.30. The second-order valence-electron chi connectivity index (χ2n) is 16.4. The van der Waals surface area contributed by atoms with Crippen molar-refractivity contribution < 1.29 is 43.0 Å². The molecule has 8 rings (SSSR count). The predicted molar refractivity (Wildman–Crippen MR) is 271 cm³/mol. The van der Waals surface area contributed by atoms with E-state index in [1.54, 1.807) is 50.4 Å². The number of esters is 1. The number of thiophene rings is 2. The molecule has 0 saturated heterocycles. The smallest absolute Gasteiger partial charge is 0.379 e. The number of pyridine rings is 2. The van der Waals surface area contributed by atoms with E-state index in [4.69, 9.17) is 32.7 Å². The normalized spacial score (nSPS) is 11.0. The summed E-state index contributed by atoms with van der Waals surface area (Å²) in [6.07, 6.45) is 3.89. The third kappa shape index (κ3) is 12.5. The molecule has 8 heterocycles. The molecule has 0 aromatic carbocycles. The Labute approximate surface area is 434 Å². The quantitative estimate of drug-likeness (QED) is 0.0474. The third-order valence-electron chi connectivity index (χ3n) is 10.2. The number of anilines is 2. The van der Waals surface area contributed by atoms with Gasteiger partial charge in [-0.25, -0.2) is 9.78 Å². The standard InChI is InChI=1S/C27H25ClN4O7S.C20H13ClN6O4S2/c1-27(2,3)26(37)32-22(29-12-16-7-8-21(28)40-16)11-18(30-32)15-10-17(23(34)25(36)38-4)24(35)31(13-15)14-19(33)20-6-5-9-39-20;21-16-2-1-12(33-16)6-23-17-4-14(25-27(17)20(31)15-9-32-10-24-15)13-7-26(8-19(29)30)18(28)3-11(13)5-22/h5-11,13,29H,12,14H2,1-4H3;1-4,7,9-10,23H,6,8H2,(H,29,30). The molecule has 0 unspecified atom stereocenters. The maximum absolute atomic E-state index is 13.3. The fourth-order valence-corrected chi connectivity index (χ4v) is 9.24. The van der Waals surface area contributed by atoms with Crippen LogP contribution in [0.3, 0.4) is 0 Å². The van der Waals surface area contributed by atoms with E-state index < -0.39 is 64.6 Å². The van der Waals surface area contributed by atoms with E-state index in [2.05, 4.69) is 30.6 Å². The molecule has 0 saturated carbocycles. The number of carboxylic acids is 1. The molecule has 374 valence electrons. The van der Waals surface area contributed by atoms with Gasteiger partial charge in [0.1, 0.15) is 29.9 Å². The molecule has 8 aromatic heterocycles. The number of nitrogens with one attached hydrogen (secondary N) is 2. The topological polar surface area (TPSA) is 285 Å². The van der Waals surface area contributed by atoms with Crippen molar-refractivity contribution >= 4 is 104 Å². The van der Waals surface area contributed by atoms with Gasteiger partial charge in [0.05, 0.1) is 69.7 Å². The van der Waals surface area contributed by atoms with Crippen molar-refractivity contribution in [3.63, 3.8) is 0 Å². The Balaban J connectivity index is 0.000000218. The van der Waals surface area contributed by atoms with Gasteiger partial charge in [-0.3, -0.25) is 33.6 Å². The zero-order chi connectivity index (χ0) is 52.7. The van der Waals surface area contributed by atoms with E-state index >= 15 is 0 Å². The number of aliphatic carboxylic acids is 1. The molecule has 21 nitrogen and oxygen atoms in total. The number of carboxylic acid groups (broad SMARTS) is 1. The summed E-state index contributed by atoms with van der Waals surface area (Å²) >= 11 is 16.0. The van der Waals surface area contributed by atoms with Gasteiger partial charge in [0.25, 0.3) is 28.7 Å². The molecule has 73 heavy (non-hydrogen) atoms. The van der Waals surface area contributed by atoms with E-state index in [1.807, 2.05) is 18.2 Å². The minimum atomic E-state index is -1.25. The van der Waals surface area contributed by atoms with Crippen LogP contribution in [0.2, 0.25) is 8.67 Å². The Hall–Kier alpha value is -8.08. The average molecular weight is 1090 g/mol. The van der Waals surface area contributed by atoms with Gasteiger partial charge < -0.3 is 34.0 Å². The number of ether oxygens (including phenoxy) is 1. The number of ketones is 2. The van der Waals surface area contributed by atoms with Crippen LogP contribution in [0.4, 0.5) is 11.6 Å². The zero-order valence-electron chi connectivity index (χ0n) is 38.6. The number of hydrogen-bond acceptors (Lipinski definition) is 19. The van der Waals surface area contributed by atoms with Crippen LogP contribution in [0.15, 0.2) is 104 Å². The summed E-state index contributed by atoms with van der Waals surface area (Å²) in [7, 11) is 1.02. The maximum atomic E-state index is 13.3. The first-order valence-corrected chi connectivity index (χ1v) is 24.5. The lowest BCUT2D eigenvalue weighted by Crippen LogP contribution is -2.32. The minimum absolute atomic E-state index is 0.00369. The molecule has 8 aromatic rings. The van der Waals surface area contributed by atoms with Crippen LogP contribution in [-0.2, 0) is 40.5 Å². The number of thiazole rings is 1. The van der Waals surface area contributed by atoms with Crippen LogP contribution in [-0.4, -0.2) is 81.2 Å².